The minimum Gasteiger partial charge on any atom is -0.496 e. The molecule has 0 aliphatic carbocycles. The first kappa shape index (κ1) is 19.7. The average molecular weight is 377 g/mol. The second-order valence-corrected chi connectivity index (χ2v) is 7.84. The first-order valence-electron chi connectivity index (χ1n) is 9.44. The molecule has 5 nitrogen and oxygen atoms in total. The highest BCUT2D eigenvalue weighted by Gasteiger charge is 2.13. The van der Waals surface area contributed by atoms with Crippen LogP contribution in [-0.2, 0) is 12.0 Å². The van der Waals surface area contributed by atoms with Gasteiger partial charge in [0.25, 0.3) is 0 Å². The summed E-state index contributed by atoms with van der Waals surface area (Å²) in [6.07, 6.45) is 0. The zero-order valence-electron chi connectivity index (χ0n) is 17.2. The molecule has 0 atom stereocenters. The normalized spacial score (nSPS) is 11.2. The van der Waals surface area contributed by atoms with Gasteiger partial charge < -0.3 is 15.4 Å². The van der Waals surface area contributed by atoms with Gasteiger partial charge in [-0.05, 0) is 36.1 Å². The molecule has 0 unspecified atom stereocenters. The lowest BCUT2D eigenvalue weighted by Gasteiger charge is -2.19. The Bertz CT molecular complexity index is 930. The van der Waals surface area contributed by atoms with Crippen LogP contribution >= 0.6 is 0 Å². The lowest BCUT2D eigenvalue weighted by Crippen LogP contribution is -2.10. The predicted molar refractivity (Wildman–Crippen MR) is 116 cm³/mol. The molecule has 0 aliphatic rings. The van der Waals surface area contributed by atoms with Crippen molar-refractivity contribution in [1.82, 2.24) is 9.97 Å². The van der Waals surface area contributed by atoms with Gasteiger partial charge in [0.05, 0.1) is 7.11 Å². The van der Waals surface area contributed by atoms with E-state index >= 15 is 0 Å². The van der Waals surface area contributed by atoms with Crippen LogP contribution in [0.1, 0.15) is 37.6 Å². The van der Waals surface area contributed by atoms with E-state index in [0.717, 1.165) is 28.5 Å². The molecule has 0 amide bonds. The van der Waals surface area contributed by atoms with E-state index in [1.807, 2.05) is 37.3 Å². The Morgan fingerprint density at radius 1 is 0.964 bits per heavy atom. The summed E-state index contributed by atoms with van der Waals surface area (Å²) < 4.78 is 5.41. The molecular weight excluding hydrogens is 348 g/mol. The number of nitrogens with zero attached hydrogens (tertiary/aromatic N) is 2. The van der Waals surface area contributed by atoms with Crippen LogP contribution in [0.15, 0.2) is 54.6 Å². The first-order valence-corrected chi connectivity index (χ1v) is 9.44. The third-order valence-corrected chi connectivity index (χ3v) is 4.51. The number of hydrogen-bond acceptors (Lipinski definition) is 5. The van der Waals surface area contributed by atoms with Crippen molar-refractivity contribution >= 4 is 17.5 Å². The zero-order chi connectivity index (χ0) is 20.1. The van der Waals surface area contributed by atoms with E-state index in [0.29, 0.717) is 12.5 Å². The fourth-order valence-electron chi connectivity index (χ4n) is 2.93. The van der Waals surface area contributed by atoms with E-state index in [4.69, 9.17) is 4.74 Å². The Balaban J connectivity index is 1.72. The number of rotatable bonds is 6. The standard InChI is InChI=1S/C23H28N4O/c1-16-14-21(24-15-17-8-6-7-9-20(17)28-5)27-22(25-16)26-19-12-10-18(11-13-19)23(2,3)4/h6-14H,15H2,1-5H3,(H2,24,25,26,27). The van der Waals surface area contributed by atoms with Crippen molar-refractivity contribution in [1.29, 1.82) is 0 Å². The fraction of sp³-hybridized carbons (Fsp3) is 0.304. The van der Waals surface area contributed by atoms with E-state index in [9.17, 15) is 0 Å². The maximum Gasteiger partial charge on any atom is 0.229 e. The molecule has 2 N–H and O–H groups in total. The highest BCUT2D eigenvalue weighted by Crippen LogP contribution is 2.25. The van der Waals surface area contributed by atoms with E-state index in [-0.39, 0.29) is 5.41 Å². The number of methoxy groups -OCH3 is 1. The molecule has 0 bridgehead atoms. The fourth-order valence-corrected chi connectivity index (χ4v) is 2.93. The molecule has 0 aliphatic heterocycles. The summed E-state index contributed by atoms with van der Waals surface area (Å²) in [6, 6.07) is 18.3. The summed E-state index contributed by atoms with van der Waals surface area (Å²) in [7, 11) is 1.68. The van der Waals surface area contributed by atoms with Crippen LogP contribution in [0, 0.1) is 6.92 Å². The predicted octanol–water partition coefficient (Wildman–Crippen LogP) is 5.45. The minimum atomic E-state index is 0.133. The third-order valence-electron chi connectivity index (χ3n) is 4.51. The number of anilines is 3. The van der Waals surface area contributed by atoms with E-state index in [1.165, 1.54) is 5.56 Å². The number of aromatic nitrogens is 2. The summed E-state index contributed by atoms with van der Waals surface area (Å²) in [5, 5.41) is 6.66. The maximum atomic E-state index is 5.41. The Labute approximate surface area is 167 Å². The quantitative estimate of drug-likeness (QED) is 0.599. The molecule has 1 heterocycles. The highest BCUT2D eigenvalue weighted by atomic mass is 16.5. The van der Waals surface area contributed by atoms with Crippen LogP contribution in [0.3, 0.4) is 0 Å². The van der Waals surface area contributed by atoms with Gasteiger partial charge in [-0.3, -0.25) is 0 Å². The van der Waals surface area contributed by atoms with Crippen LogP contribution in [0.2, 0.25) is 0 Å². The van der Waals surface area contributed by atoms with Crippen molar-refractivity contribution in [2.45, 2.75) is 39.7 Å². The maximum absolute atomic E-state index is 5.41. The third kappa shape index (κ3) is 5.00. The molecule has 146 valence electrons. The molecule has 0 spiro atoms. The molecule has 2 aromatic carbocycles. The van der Waals surface area contributed by atoms with Crippen LogP contribution in [0.5, 0.6) is 5.75 Å². The van der Waals surface area contributed by atoms with Gasteiger partial charge in [-0.25, -0.2) is 4.98 Å². The second kappa shape index (κ2) is 8.30. The van der Waals surface area contributed by atoms with Crippen LogP contribution < -0.4 is 15.4 Å². The lowest BCUT2D eigenvalue weighted by molar-refractivity contribution is 0.410. The Kier molecular flexibility index (Phi) is 5.83. The molecule has 5 heteroatoms. The molecule has 0 saturated carbocycles. The van der Waals surface area contributed by atoms with Crippen LogP contribution in [0.25, 0.3) is 0 Å². The number of nitrogens with one attached hydrogen (secondary N) is 2. The van der Waals surface area contributed by atoms with Gasteiger partial charge in [0.15, 0.2) is 0 Å². The second-order valence-electron chi connectivity index (χ2n) is 7.84. The first-order chi connectivity index (χ1) is 13.3. The summed E-state index contributed by atoms with van der Waals surface area (Å²) in [5.74, 6) is 2.20. The number of para-hydroxylation sites is 1. The molecule has 3 rings (SSSR count). The lowest BCUT2D eigenvalue weighted by atomic mass is 9.87. The molecule has 3 aromatic rings. The molecule has 28 heavy (non-hydrogen) atoms. The Morgan fingerprint density at radius 2 is 1.68 bits per heavy atom. The van der Waals surface area contributed by atoms with Gasteiger partial charge in [0.1, 0.15) is 11.6 Å². The van der Waals surface area contributed by atoms with E-state index in [1.54, 1.807) is 7.11 Å². The number of aryl methyl sites for hydroxylation is 1. The van der Waals surface area contributed by atoms with Crippen molar-refractivity contribution in [3.8, 4) is 5.75 Å². The van der Waals surface area contributed by atoms with Gasteiger partial charge in [-0.2, -0.15) is 4.98 Å². The monoisotopic (exact) mass is 376 g/mol. The zero-order valence-corrected chi connectivity index (χ0v) is 17.2. The number of benzene rings is 2. The van der Waals surface area contributed by atoms with Gasteiger partial charge >= 0.3 is 0 Å². The van der Waals surface area contributed by atoms with Gasteiger partial charge in [-0.1, -0.05) is 51.1 Å². The molecular formula is C23H28N4O. The van der Waals surface area contributed by atoms with Crippen molar-refractivity contribution < 1.29 is 4.74 Å². The van der Waals surface area contributed by atoms with Crippen LogP contribution in [-0.4, -0.2) is 17.1 Å². The Hall–Kier alpha value is -3.08. The molecule has 0 fully saturated rings. The van der Waals surface area contributed by atoms with Gasteiger partial charge in [-0.15, -0.1) is 0 Å². The van der Waals surface area contributed by atoms with Gasteiger partial charge in [0, 0.05) is 29.6 Å². The van der Waals surface area contributed by atoms with Gasteiger partial charge in [0.2, 0.25) is 5.95 Å². The summed E-state index contributed by atoms with van der Waals surface area (Å²) in [5.41, 5.74) is 4.37. The smallest absolute Gasteiger partial charge is 0.229 e. The van der Waals surface area contributed by atoms with Crippen molar-refractivity contribution in [2.75, 3.05) is 17.7 Å². The van der Waals surface area contributed by atoms with E-state index < -0.39 is 0 Å². The topological polar surface area (TPSA) is 59.1 Å². The highest BCUT2D eigenvalue weighted by molar-refractivity contribution is 5.56. The summed E-state index contributed by atoms with van der Waals surface area (Å²) in [4.78, 5) is 9.10. The molecule has 0 radical (unpaired) electrons. The number of hydrogen-bond donors (Lipinski definition) is 2. The SMILES string of the molecule is COc1ccccc1CNc1cc(C)nc(Nc2ccc(C(C)(C)C)cc2)n1. The van der Waals surface area contributed by atoms with E-state index in [2.05, 4.69) is 65.6 Å². The van der Waals surface area contributed by atoms with Crippen LogP contribution in [0.4, 0.5) is 17.5 Å². The summed E-state index contributed by atoms with van der Waals surface area (Å²) in [6.45, 7) is 9.21. The molecule has 1 aromatic heterocycles. The largest absolute Gasteiger partial charge is 0.496 e. The number of ether oxygens (including phenoxy) is 1. The average Bonchev–Trinajstić information content (AvgIpc) is 2.66. The summed E-state index contributed by atoms with van der Waals surface area (Å²) >= 11 is 0. The van der Waals surface area contributed by atoms with Crippen molar-refractivity contribution in [3.63, 3.8) is 0 Å². The van der Waals surface area contributed by atoms with Crippen molar-refractivity contribution in [3.05, 3.63) is 71.4 Å². The minimum absolute atomic E-state index is 0.133. The molecule has 0 saturated heterocycles. The van der Waals surface area contributed by atoms with Crippen molar-refractivity contribution in [2.24, 2.45) is 0 Å². The Morgan fingerprint density at radius 3 is 2.36 bits per heavy atom.